The van der Waals surface area contributed by atoms with Crippen molar-refractivity contribution in [1.82, 2.24) is 9.88 Å². The van der Waals surface area contributed by atoms with E-state index in [1.54, 1.807) is 0 Å². The maximum Gasteiger partial charge on any atom is 0.136 e. The van der Waals surface area contributed by atoms with E-state index in [0.717, 1.165) is 24.9 Å². The van der Waals surface area contributed by atoms with Gasteiger partial charge >= 0.3 is 0 Å². The molecule has 0 saturated carbocycles. The number of ketones is 1. The van der Waals surface area contributed by atoms with Gasteiger partial charge in [-0.25, -0.2) is 0 Å². The van der Waals surface area contributed by atoms with Gasteiger partial charge in [-0.05, 0) is 24.5 Å². The third kappa shape index (κ3) is 2.36. The third-order valence-corrected chi connectivity index (χ3v) is 5.01. The number of carbonyl (C=O) groups is 1. The Hall–Kier alpha value is -1.74. The summed E-state index contributed by atoms with van der Waals surface area (Å²) in [6.07, 6.45) is 6.96. The Kier molecular flexibility index (Phi) is 3.23. The first-order valence-corrected chi connectivity index (χ1v) is 7.91. The number of benzene rings is 1. The number of hydrogen-bond donors (Lipinski definition) is 0. The van der Waals surface area contributed by atoms with Crippen LogP contribution in [-0.4, -0.2) is 27.8 Å². The maximum atomic E-state index is 11.8. The monoisotopic (exact) mass is 280 g/mol. The molecule has 2 bridgehead atoms. The number of Topliss-reactive ketones (excluding diaryl/α,β-unsaturated/α-hetero) is 1. The molecule has 2 aliphatic heterocycles. The van der Waals surface area contributed by atoms with Crippen LogP contribution >= 0.6 is 0 Å². The molecule has 2 atom stereocenters. The van der Waals surface area contributed by atoms with E-state index in [4.69, 9.17) is 0 Å². The van der Waals surface area contributed by atoms with Crippen molar-refractivity contribution in [3.8, 4) is 0 Å². The Morgan fingerprint density at radius 1 is 1.10 bits per heavy atom. The summed E-state index contributed by atoms with van der Waals surface area (Å²) in [5.74, 6) is 0.456. The molecule has 2 saturated heterocycles. The van der Waals surface area contributed by atoms with Crippen LogP contribution in [0.2, 0.25) is 0 Å². The number of para-hydroxylation sites is 1. The van der Waals surface area contributed by atoms with Crippen LogP contribution in [0.4, 0.5) is 0 Å². The van der Waals surface area contributed by atoms with Crippen molar-refractivity contribution >= 4 is 16.7 Å². The van der Waals surface area contributed by atoms with Crippen LogP contribution in [0.3, 0.4) is 0 Å². The minimum absolute atomic E-state index is 0.448. The molecule has 0 radical (unpaired) electrons. The molecular formula is C18H20N2O. The second-order valence-electron chi connectivity index (χ2n) is 6.35. The van der Waals surface area contributed by atoms with E-state index >= 15 is 0 Å². The molecule has 0 N–H and O–H groups in total. The summed E-state index contributed by atoms with van der Waals surface area (Å²) >= 11 is 0. The molecule has 2 unspecified atom stereocenters. The fourth-order valence-electron chi connectivity index (χ4n) is 4.02. The molecule has 3 nitrogen and oxygen atoms in total. The Morgan fingerprint density at radius 3 is 2.67 bits per heavy atom. The summed E-state index contributed by atoms with van der Waals surface area (Å²) in [6.45, 7) is 0.928. The lowest BCUT2D eigenvalue weighted by atomic mass is 9.83. The van der Waals surface area contributed by atoms with Crippen molar-refractivity contribution in [2.45, 2.75) is 50.7 Å². The summed E-state index contributed by atoms with van der Waals surface area (Å²) in [5, 5.41) is 1.20. The fourth-order valence-corrected chi connectivity index (χ4v) is 4.02. The highest BCUT2D eigenvalue weighted by atomic mass is 16.1. The summed E-state index contributed by atoms with van der Waals surface area (Å²) in [4.78, 5) is 19.0. The Balaban J connectivity index is 1.67. The van der Waals surface area contributed by atoms with Crippen molar-refractivity contribution in [3.63, 3.8) is 0 Å². The first-order chi connectivity index (χ1) is 10.3. The van der Waals surface area contributed by atoms with Gasteiger partial charge in [-0.15, -0.1) is 0 Å². The maximum absolute atomic E-state index is 11.8. The molecule has 0 amide bonds. The van der Waals surface area contributed by atoms with Gasteiger partial charge in [0.05, 0.1) is 5.52 Å². The number of aromatic nitrogens is 1. The van der Waals surface area contributed by atoms with Crippen LogP contribution in [0.25, 0.3) is 10.9 Å². The largest absolute Gasteiger partial charge is 0.300 e. The Morgan fingerprint density at radius 2 is 1.86 bits per heavy atom. The first kappa shape index (κ1) is 13.0. The SMILES string of the molecule is O=C1CC2CCCC(C1)N2Cc1cccc2cccnc12. The molecule has 3 heterocycles. The zero-order valence-electron chi connectivity index (χ0n) is 12.2. The summed E-state index contributed by atoms with van der Waals surface area (Å²) in [6, 6.07) is 11.4. The van der Waals surface area contributed by atoms with Gasteiger partial charge in [0.1, 0.15) is 5.78 Å². The number of fused-ring (bicyclic) bond motifs is 3. The Bertz CT molecular complexity index is 660. The number of carbonyl (C=O) groups excluding carboxylic acids is 1. The molecule has 108 valence electrons. The van der Waals surface area contributed by atoms with Gasteiger partial charge in [0.25, 0.3) is 0 Å². The molecule has 2 fully saturated rings. The standard InChI is InChI=1S/C18H20N2O/c21-17-10-15-7-2-8-16(11-17)20(15)12-14-5-1-4-13-6-3-9-19-18(13)14/h1,3-6,9,15-16H,2,7-8,10-12H2. The fraction of sp³-hybridized carbons (Fsp3) is 0.444. The number of nitrogens with zero attached hydrogens (tertiary/aromatic N) is 2. The molecule has 1 aromatic heterocycles. The van der Waals surface area contributed by atoms with E-state index in [2.05, 4.69) is 34.1 Å². The lowest BCUT2D eigenvalue weighted by molar-refractivity contribution is -0.127. The molecule has 4 rings (SSSR count). The van der Waals surface area contributed by atoms with E-state index < -0.39 is 0 Å². The van der Waals surface area contributed by atoms with E-state index in [0.29, 0.717) is 17.9 Å². The van der Waals surface area contributed by atoms with Crippen molar-refractivity contribution < 1.29 is 4.79 Å². The van der Waals surface area contributed by atoms with Gasteiger partial charge in [-0.2, -0.15) is 0 Å². The van der Waals surface area contributed by atoms with Crippen LogP contribution in [0, 0.1) is 0 Å². The average Bonchev–Trinajstić information content (AvgIpc) is 2.48. The van der Waals surface area contributed by atoms with Crippen LogP contribution in [0.1, 0.15) is 37.7 Å². The van der Waals surface area contributed by atoms with Crippen LogP contribution < -0.4 is 0 Å². The van der Waals surface area contributed by atoms with E-state index in [-0.39, 0.29) is 0 Å². The van der Waals surface area contributed by atoms with Crippen molar-refractivity contribution in [2.75, 3.05) is 0 Å². The smallest absolute Gasteiger partial charge is 0.136 e. The molecule has 2 aliphatic rings. The van der Waals surface area contributed by atoms with Gasteiger partial charge in [-0.3, -0.25) is 14.7 Å². The molecule has 2 aromatic rings. The van der Waals surface area contributed by atoms with Crippen LogP contribution in [-0.2, 0) is 11.3 Å². The molecule has 21 heavy (non-hydrogen) atoms. The number of hydrogen-bond acceptors (Lipinski definition) is 3. The quantitative estimate of drug-likeness (QED) is 0.846. The van der Waals surface area contributed by atoms with E-state index in [1.807, 2.05) is 12.3 Å². The van der Waals surface area contributed by atoms with Gasteiger partial charge in [0.15, 0.2) is 0 Å². The van der Waals surface area contributed by atoms with Gasteiger partial charge in [-0.1, -0.05) is 30.7 Å². The first-order valence-electron chi connectivity index (χ1n) is 7.91. The highest BCUT2D eigenvalue weighted by Gasteiger charge is 2.37. The van der Waals surface area contributed by atoms with Gasteiger partial charge < -0.3 is 0 Å². The average molecular weight is 280 g/mol. The minimum atomic E-state index is 0.448. The second kappa shape index (κ2) is 5.23. The van der Waals surface area contributed by atoms with E-state index in [1.165, 1.54) is 30.2 Å². The molecule has 1 aromatic carbocycles. The van der Waals surface area contributed by atoms with Crippen molar-refractivity contribution in [1.29, 1.82) is 0 Å². The second-order valence-corrected chi connectivity index (χ2v) is 6.35. The van der Waals surface area contributed by atoms with Crippen molar-refractivity contribution in [3.05, 3.63) is 42.1 Å². The topological polar surface area (TPSA) is 33.2 Å². The van der Waals surface area contributed by atoms with Gasteiger partial charge in [0, 0.05) is 43.1 Å². The van der Waals surface area contributed by atoms with Crippen LogP contribution in [0.5, 0.6) is 0 Å². The highest BCUT2D eigenvalue weighted by Crippen LogP contribution is 2.34. The summed E-state index contributed by atoms with van der Waals surface area (Å²) in [5.41, 5.74) is 2.40. The number of piperidine rings is 2. The normalized spacial score (nSPS) is 26.2. The number of rotatable bonds is 2. The van der Waals surface area contributed by atoms with Crippen LogP contribution in [0.15, 0.2) is 36.5 Å². The summed E-state index contributed by atoms with van der Waals surface area (Å²) < 4.78 is 0. The third-order valence-electron chi connectivity index (χ3n) is 5.01. The predicted octanol–water partition coefficient (Wildman–Crippen LogP) is 3.32. The molecule has 0 aliphatic carbocycles. The molecule has 3 heteroatoms. The molecule has 0 spiro atoms. The Labute approximate surface area is 125 Å². The number of pyridine rings is 1. The zero-order chi connectivity index (χ0) is 14.2. The summed E-state index contributed by atoms with van der Waals surface area (Å²) in [7, 11) is 0. The lowest BCUT2D eigenvalue weighted by Gasteiger charge is -2.45. The highest BCUT2D eigenvalue weighted by molar-refractivity contribution is 5.82. The van der Waals surface area contributed by atoms with Crippen molar-refractivity contribution in [2.24, 2.45) is 0 Å². The zero-order valence-corrected chi connectivity index (χ0v) is 12.2. The predicted molar refractivity (Wildman–Crippen MR) is 83.0 cm³/mol. The minimum Gasteiger partial charge on any atom is -0.300 e. The lowest BCUT2D eigenvalue weighted by Crippen LogP contribution is -2.51. The van der Waals surface area contributed by atoms with Gasteiger partial charge in [0.2, 0.25) is 0 Å². The van der Waals surface area contributed by atoms with E-state index in [9.17, 15) is 4.79 Å². The molecular weight excluding hydrogens is 260 g/mol.